The summed E-state index contributed by atoms with van der Waals surface area (Å²) >= 11 is 6.52. The van der Waals surface area contributed by atoms with Crippen molar-refractivity contribution in [2.24, 2.45) is 7.05 Å². The van der Waals surface area contributed by atoms with Gasteiger partial charge in [0.2, 0.25) is 0 Å². The van der Waals surface area contributed by atoms with Crippen LogP contribution in [-0.4, -0.2) is 53.9 Å². The number of aryl methyl sites for hydroxylation is 2. The number of pyridine rings is 2. The Morgan fingerprint density at radius 2 is 1.84 bits per heavy atom. The summed E-state index contributed by atoms with van der Waals surface area (Å²) < 4.78 is 31.3. The number of nitrogens with zero attached hydrogens (tertiary/aromatic N) is 5. The van der Waals surface area contributed by atoms with Crippen molar-refractivity contribution < 1.29 is 19.0 Å². The second-order valence-corrected chi connectivity index (χ2v) is 9.88. The van der Waals surface area contributed by atoms with Gasteiger partial charge in [-0.3, -0.25) is 4.57 Å². The molecular weight excluding hydrogens is 504 g/mol. The van der Waals surface area contributed by atoms with Gasteiger partial charge in [0.25, 0.3) is 5.92 Å². The van der Waals surface area contributed by atoms with Crippen molar-refractivity contribution in [2.75, 3.05) is 18.0 Å². The molecule has 192 valence electrons. The molecule has 4 aromatic rings. The summed E-state index contributed by atoms with van der Waals surface area (Å²) in [4.78, 5) is 22.3. The van der Waals surface area contributed by atoms with E-state index in [-0.39, 0.29) is 29.5 Å². The lowest BCUT2D eigenvalue weighted by Gasteiger charge is -2.22. The van der Waals surface area contributed by atoms with Gasteiger partial charge < -0.3 is 19.7 Å². The molecular formula is C26H24ClF2N5O3. The second-order valence-electron chi connectivity index (χ2n) is 9.47. The molecule has 1 fully saturated rings. The molecule has 1 saturated heterocycles. The zero-order valence-corrected chi connectivity index (χ0v) is 21.0. The lowest BCUT2D eigenvalue weighted by Crippen LogP contribution is -2.43. The summed E-state index contributed by atoms with van der Waals surface area (Å²) in [6.07, 6.45) is 4.69. The average Bonchev–Trinajstić information content (AvgIpc) is 3.28. The van der Waals surface area contributed by atoms with Gasteiger partial charge in [0.15, 0.2) is 0 Å². The van der Waals surface area contributed by atoms with Gasteiger partial charge in [-0.05, 0) is 49.7 Å². The molecule has 2 N–H and O–H groups in total. The Balaban J connectivity index is 1.54. The van der Waals surface area contributed by atoms with Gasteiger partial charge >= 0.3 is 5.69 Å². The normalized spacial score (nSPS) is 18.9. The zero-order chi connectivity index (χ0) is 26.7. The summed E-state index contributed by atoms with van der Waals surface area (Å²) in [6, 6.07) is 9.98. The minimum Gasteiger partial charge on any atom is -0.505 e. The molecule has 4 heterocycles. The maximum Gasteiger partial charge on any atom is 0.332 e. The molecule has 0 bridgehead atoms. The number of aromatic nitrogens is 4. The average molecular weight is 528 g/mol. The molecule has 1 aromatic carbocycles. The van der Waals surface area contributed by atoms with E-state index in [9.17, 15) is 23.8 Å². The first kappa shape index (κ1) is 24.9. The van der Waals surface area contributed by atoms with Crippen LogP contribution in [0.1, 0.15) is 12.6 Å². The number of anilines is 1. The van der Waals surface area contributed by atoms with E-state index in [2.05, 4.69) is 9.97 Å². The van der Waals surface area contributed by atoms with Gasteiger partial charge in [0, 0.05) is 42.5 Å². The minimum atomic E-state index is -3.29. The molecule has 11 heteroatoms. The van der Waals surface area contributed by atoms with Crippen molar-refractivity contribution in [3.63, 3.8) is 0 Å². The van der Waals surface area contributed by atoms with Crippen LogP contribution in [0.5, 0.6) is 5.75 Å². The Bertz CT molecular complexity index is 1560. The molecule has 1 aliphatic rings. The number of hydrogen-bond donors (Lipinski definition) is 2. The number of hydrogen-bond acceptors (Lipinski definition) is 6. The Labute approximate surface area is 216 Å². The van der Waals surface area contributed by atoms with Crippen LogP contribution in [0.3, 0.4) is 0 Å². The maximum atomic E-state index is 14.2. The number of imidazole rings is 1. The van der Waals surface area contributed by atoms with Gasteiger partial charge in [0.1, 0.15) is 22.9 Å². The monoisotopic (exact) mass is 527 g/mol. The number of aliphatic hydroxyl groups is 1. The Morgan fingerprint density at radius 1 is 1.08 bits per heavy atom. The number of aromatic hydroxyl groups is 1. The van der Waals surface area contributed by atoms with Crippen LogP contribution in [0.2, 0.25) is 5.02 Å². The summed E-state index contributed by atoms with van der Waals surface area (Å²) in [5, 5.41) is 21.6. The van der Waals surface area contributed by atoms with E-state index in [1.54, 1.807) is 62.8 Å². The van der Waals surface area contributed by atoms with Crippen molar-refractivity contribution in [3.8, 4) is 33.8 Å². The zero-order valence-electron chi connectivity index (χ0n) is 20.3. The molecule has 0 saturated carbocycles. The fourth-order valence-corrected chi connectivity index (χ4v) is 4.73. The highest BCUT2D eigenvalue weighted by Gasteiger charge is 2.56. The number of alkyl halides is 2. The van der Waals surface area contributed by atoms with E-state index < -0.39 is 18.1 Å². The van der Waals surface area contributed by atoms with Crippen LogP contribution in [0.15, 0.2) is 59.8 Å². The summed E-state index contributed by atoms with van der Waals surface area (Å²) in [5.41, 5.74) is 0.464. The molecule has 0 unspecified atom stereocenters. The Morgan fingerprint density at radius 3 is 2.46 bits per heavy atom. The molecule has 37 heavy (non-hydrogen) atoms. The SMILES string of the molecule is Cc1cc(-c2ccc(-n3ccn(C)c3=O)c(Cl)c2)c(O)c(-c2ccnc(N3CC(F)(F)[C@@](C)(O)C3)c2)n1. The lowest BCUT2D eigenvalue weighted by molar-refractivity contribution is -0.134. The number of halogens is 3. The van der Waals surface area contributed by atoms with Crippen LogP contribution in [0.4, 0.5) is 14.6 Å². The van der Waals surface area contributed by atoms with E-state index >= 15 is 0 Å². The van der Waals surface area contributed by atoms with Gasteiger partial charge in [0.05, 0.1) is 23.8 Å². The van der Waals surface area contributed by atoms with Crippen LogP contribution in [0.25, 0.3) is 28.1 Å². The molecule has 1 atom stereocenters. The maximum absolute atomic E-state index is 14.2. The van der Waals surface area contributed by atoms with Crippen LogP contribution >= 0.6 is 11.6 Å². The van der Waals surface area contributed by atoms with Crippen LogP contribution < -0.4 is 10.6 Å². The summed E-state index contributed by atoms with van der Waals surface area (Å²) in [5.74, 6) is -3.18. The third kappa shape index (κ3) is 4.25. The standard InChI is InChI=1S/C26H24ClF2N5O3/c1-15-10-18(16-4-5-20(19(27)11-16)34-9-8-32(3)24(34)36)23(35)22(31-15)17-6-7-30-21(12-17)33-13-25(2,37)26(28,29)14-33/h4-12,35,37H,13-14H2,1-3H3/t25-/m0/s1. The fraction of sp³-hybridized carbons (Fsp3) is 0.269. The van der Waals surface area contributed by atoms with Crippen LogP contribution in [-0.2, 0) is 7.05 Å². The van der Waals surface area contributed by atoms with Crippen molar-refractivity contribution in [1.29, 1.82) is 0 Å². The molecule has 0 amide bonds. The fourth-order valence-electron chi connectivity index (χ4n) is 4.46. The predicted octanol–water partition coefficient (Wildman–Crippen LogP) is 4.17. The Kier molecular flexibility index (Phi) is 5.84. The van der Waals surface area contributed by atoms with E-state index in [4.69, 9.17) is 11.6 Å². The van der Waals surface area contributed by atoms with Crippen LogP contribution in [0, 0.1) is 6.92 Å². The first-order valence-electron chi connectivity index (χ1n) is 11.4. The molecule has 5 rings (SSSR count). The third-order valence-corrected chi connectivity index (χ3v) is 6.91. The van der Waals surface area contributed by atoms with E-state index in [1.165, 1.54) is 20.2 Å². The van der Waals surface area contributed by atoms with E-state index in [0.717, 1.165) is 6.92 Å². The largest absolute Gasteiger partial charge is 0.505 e. The summed E-state index contributed by atoms with van der Waals surface area (Å²) in [7, 11) is 1.64. The first-order valence-corrected chi connectivity index (χ1v) is 11.8. The highest BCUT2D eigenvalue weighted by Crippen LogP contribution is 2.41. The topological polar surface area (TPSA) is 96.4 Å². The highest BCUT2D eigenvalue weighted by molar-refractivity contribution is 6.32. The first-order chi connectivity index (χ1) is 17.4. The van der Waals surface area contributed by atoms with Gasteiger partial charge in [-0.1, -0.05) is 17.7 Å². The number of benzene rings is 1. The minimum absolute atomic E-state index is 0.123. The quantitative estimate of drug-likeness (QED) is 0.413. The summed E-state index contributed by atoms with van der Waals surface area (Å²) in [6.45, 7) is 1.91. The molecule has 3 aromatic heterocycles. The van der Waals surface area contributed by atoms with E-state index in [0.29, 0.717) is 33.1 Å². The van der Waals surface area contributed by atoms with Crippen molar-refractivity contribution in [2.45, 2.75) is 25.4 Å². The van der Waals surface area contributed by atoms with Crippen molar-refractivity contribution >= 4 is 17.4 Å². The van der Waals surface area contributed by atoms with Crippen molar-refractivity contribution in [1.82, 2.24) is 19.1 Å². The van der Waals surface area contributed by atoms with Crippen molar-refractivity contribution in [3.05, 3.63) is 76.2 Å². The third-order valence-electron chi connectivity index (χ3n) is 6.61. The lowest BCUT2D eigenvalue weighted by atomic mass is 10.0. The number of rotatable bonds is 4. The molecule has 0 aliphatic carbocycles. The second kappa shape index (κ2) is 8.67. The molecule has 8 nitrogen and oxygen atoms in total. The predicted molar refractivity (Wildman–Crippen MR) is 137 cm³/mol. The smallest absolute Gasteiger partial charge is 0.332 e. The van der Waals surface area contributed by atoms with Gasteiger partial charge in [-0.25, -0.2) is 23.5 Å². The molecule has 0 spiro atoms. The highest BCUT2D eigenvalue weighted by atomic mass is 35.5. The van der Waals surface area contributed by atoms with E-state index in [1.807, 2.05) is 0 Å². The molecule has 0 radical (unpaired) electrons. The Hall–Kier alpha value is -3.76. The number of β-amino-alcohol motifs (C(OH)–C–C–N with tert-alkyl or cyclic N) is 1. The van der Waals surface area contributed by atoms with Gasteiger partial charge in [-0.2, -0.15) is 0 Å². The molecule has 1 aliphatic heterocycles. The van der Waals surface area contributed by atoms with Gasteiger partial charge in [-0.15, -0.1) is 0 Å².